The fourth-order valence-electron chi connectivity index (χ4n) is 3.27. The zero-order valence-electron chi connectivity index (χ0n) is 18.1. The Labute approximate surface area is 178 Å². The highest BCUT2D eigenvalue weighted by Gasteiger charge is 2.25. The van der Waals surface area contributed by atoms with Gasteiger partial charge in [-0.25, -0.2) is 9.78 Å². The number of rotatable bonds is 8. The van der Waals surface area contributed by atoms with Gasteiger partial charge in [-0.2, -0.15) is 0 Å². The lowest BCUT2D eigenvalue weighted by Gasteiger charge is -2.26. The molecule has 1 aromatic carbocycles. The van der Waals surface area contributed by atoms with E-state index >= 15 is 0 Å². The van der Waals surface area contributed by atoms with Crippen molar-refractivity contribution in [1.29, 1.82) is 0 Å². The van der Waals surface area contributed by atoms with E-state index < -0.39 is 5.97 Å². The van der Waals surface area contributed by atoms with Crippen LogP contribution in [0.15, 0.2) is 18.2 Å². The second-order valence-corrected chi connectivity index (χ2v) is 7.63. The molecule has 0 aliphatic heterocycles. The predicted molar refractivity (Wildman–Crippen MR) is 118 cm³/mol. The van der Waals surface area contributed by atoms with Gasteiger partial charge in [0.15, 0.2) is 0 Å². The van der Waals surface area contributed by atoms with Crippen LogP contribution in [0.1, 0.15) is 47.4 Å². The number of carbonyl (C=O) groups is 1. The number of hydrogen-bond donors (Lipinski definition) is 2. The number of carbonyl (C=O) groups excluding carboxylic acids is 1. The molecule has 158 valence electrons. The second kappa shape index (κ2) is 9.94. The Kier molecular flexibility index (Phi) is 7.88. The summed E-state index contributed by atoms with van der Waals surface area (Å²) in [6, 6.07) is 5.78. The average Bonchev–Trinajstić information content (AvgIpc) is 2.67. The summed E-state index contributed by atoms with van der Waals surface area (Å²) in [4.78, 5) is 17.2. The first-order chi connectivity index (χ1) is 13.7. The standard InChI is InChI=1S/C22H30ClN3O3/c1-8-17(15(5)24-6)26-18-11-14(4)25-21(19(18)22(27)28-7)29-20-12(2)9-16(23)10-13(20)3/h9-11,15,17,24H,8H2,1-7H3,(H,25,26)/t15-,17+/m1/s1. The fraction of sp³-hybridized carbons (Fsp3) is 0.455. The Bertz CT molecular complexity index is 863. The van der Waals surface area contributed by atoms with Crippen LogP contribution >= 0.6 is 11.6 Å². The molecule has 0 fully saturated rings. The van der Waals surface area contributed by atoms with Crippen molar-refractivity contribution in [2.75, 3.05) is 19.5 Å². The summed E-state index contributed by atoms with van der Waals surface area (Å²) in [5, 5.41) is 7.35. The van der Waals surface area contributed by atoms with Crippen LogP contribution in [-0.4, -0.2) is 37.2 Å². The van der Waals surface area contributed by atoms with E-state index in [0.29, 0.717) is 16.5 Å². The van der Waals surface area contributed by atoms with Gasteiger partial charge in [-0.1, -0.05) is 18.5 Å². The van der Waals surface area contributed by atoms with Crippen molar-refractivity contribution >= 4 is 23.3 Å². The number of aromatic nitrogens is 1. The van der Waals surface area contributed by atoms with Crippen molar-refractivity contribution in [3.05, 3.63) is 45.6 Å². The van der Waals surface area contributed by atoms with Crippen LogP contribution in [0, 0.1) is 20.8 Å². The van der Waals surface area contributed by atoms with E-state index in [0.717, 1.165) is 23.2 Å². The molecule has 2 aromatic rings. The first kappa shape index (κ1) is 23.0. The third-order valence-corrected chi connectivity index (χ3v) is 5.19. The number of anilines is 1. The maximum Gasteiger partial charge on any atom is 0.345 e. The first-order valence-electron chi connectivity index (χ1n) is 9.70. The highest BCUT2D eigenvalue weighted by molar-refractivity contribution is 6.30. The highest BCUT2D eigenvalue weighted by atomic mass is 35.5. The number of pyridine rings is 1. The molecule has 6 nitrogen and oxygen atoms in total. The summed E-state index contributed by atoms with van der Waals surface area (Å²) in [7, 11) is 3.26. The molecule has 0 saturated carbocycles. The van der Waals surface area contributed by atoms with Crippen LogP contribution in [-0.2, 0) is 4.74 Å². The van der Waals surface area contributed by atoms with Crippen LogP contribution in [0.3, 0.4) is 0 Å². The van der Waals surface area contributed by atoms with E-state index in [-0.39, 0.29) is 23.5 Å². The average molecular weight is 420 g/mol. The molecule has 0 unspecified atom stereocenters. The molecule has 0 radical (unpaired) electrons. The van der Waals surface area contributed by atoms with Gasteiger partial charge < -0.3 is 20.1 Å². The number of aryl methyl sites for hydroxylation is 3. The quantitative estimate of drug-likeness (QED) is 0.584. The summed E-state index contributed by atoms with van der Waals surface area (Å²) in [5.41, 5.74) is 3.36. The van der Waals surface area contributed by atoms with Gasteiger partial charge in [0.05, 0.1) is 12.8 Å². The van der Waals surface area contributed by atoms with E-state index in [2.05, 4.69) is 29.5 Å². The predicted octanol–water partition coefficient (Wildman–Crippen LogP) is 5.04. The summed E-state index contributed by atoms with van der Waals surface area (Å²) in [5.74, 6) is 0.324. The SMILES string of the molecule is CC[C@H](Nc1cc(C)nc(Oc2c(C)cc(Cl)cc2C)c1C(=O)OC)[C@@H](C)NC. The van der Waals surface area contributed by atoms with Gasteiger partial charge in [0, 0.05) is 22.8 Å². The molecule has 1 aromatic heterocycles. The minimum atomic E-state index is -0.508. The summed E-state index contributed by atoms with van der Waals surface area (Å²) >= 11 is 6.14. The highest BCUT2D eigenvalue weighted by Crippen LogP contribution is 2.35. The van der Waals surface area contributed by atoms with Crippen LogP contribution in [0.4, 0.5) is 5.69 Å². The molecule has 29 heavy (non-hydrogen) atoms. The molecule has 2 atom stereocenters. The van der Waals surface area contributed by atoms with Crippen LogP contribution in [0.5, 0.6) is 11.6 Å². The van der Waals surface area contributed by atoms with Gasteiger partial charge in [-0.15, -0.1) is 0 Å². The van der Waals surface area contributed by atoms with Crippen molar-refractivity contribution in [2.24, 2.45) is 0 Å². The molecule has 0 spiro atoms. The molecule has 1 heterocycles. The normalized spacial score (nSPS) is 13.0. The number of benzene rings is 1. The maximum atomic E-state index is 12.7. The van der Waals surface area contributed by atoms with E-state index in [1.807, 2.05) is 46.0 Å². The monoisotopic (exact) mass is 419 g/mol. The van der Waals surface area contributed by atoms with E-state index in [1.54, 1.807) is 0 Å². The molecule has 7 heteroatoms. The molecule has 2 N–H and O–H groups in total. The number of ether oxygens (including phenoxy) is 2. The Morgan fingerprint density at radius 2 is 1.83 bits per heavy atom. The zero-order chi connectivity index (χ0) is 21.7. The summed E-state index contributed by atoms with van der Waals surface area (Å²) in [6.45, 7) is 9.86. The third kappa shape index (κ3) is 5.40. The maximum absolute atomic E-state index is 12.7. The van der Waals surface area contributed by atoms with Crippen molar-refractivity contribution in [2.45, 2.75) is 53.1 Å². The molecule has 2 rings (SSSR count). The molecular weight excluding hydrogens is 390 g/mol. The van der Waals surface area contributed by atoms with E-state index in [9.17, 15) is 4.79 Å². The molecule has 0 bridgehead atoms. The van der Waals surface area contributed by atoms with Gasteiger partial charge >= 0.3 is 5.97 Å². The molecular formula is C22H30ClN3O3. The number of nitrogens with one attached hydrogen (secondary N) is 2. The number of halogens is 1. The zero-order valence-corrected chi connectivity index (χ0v) is 18.9. The van der Waals surface area contributed by atoms with Gasteiger partial charge in [-0.3, -0.25) is 0 Å². The molecule has 0 saturated heterocycles. The minimum Gasteiger partial charge on any atom is -0.465 e. The van der Waals surface area contributed by atoms with Gasteiger partial charge in [-0.05, 0) is 70.5 Å². The first-order valence-corrected chi connectivity index (χ1v) is 10.1. The largest absolute Gasteiger partial charge is 0.465 e. The Morgan fingerprint density at radius 3 is 2.34 bits per heavy atom. The Morgan fingerprint density at radius 1 is 1.21 bits per heavy atom. The second-order valence-electron chi connectivity index (χ2n) is 7.19. The van der Waals surface area contributed by atoms with Gasteiger partial charge in [0.25, 0.3) is 0 Å². The lowest BCUT2D eigenvalue weighted by Crippen LogP contribution is -2.40. The van der Waals surface area contributed by atoms with Crippen LogP contribution in [0.25, 0.3) is 0 Å². The topological polar surface area (TPSA) is 72.5 Å². The van der Waals surface area contributed by atoms with Crippen LogP contribution in [0.2, 0.25) is 5.02 Å². The van der Waals surface area contributed by atoms with E-state index in [1.165, 1.54) is 7.11 Å². The molecule has 0 aliphatic carbocycles. The molecule has 0 amide bonds. The Hall–Kier alpha value is -2.31. The Balaban J connectivity index is 2.58. The van der Waals surface area contributed by atoms with Crippen molar-refractivity contribution < 1.29 is 14.3 Å². The lowest BCUT2D eigenvalue weighted by molar-refractivity contribution is 0.0598. The van der Waals surface area contributed by atoms with Crippen molar-refractivity contribution in [1.82, 2.24) is 10.3 Å². The smallest absolute Gasteiger partial charge is 0.345 e. The summed E-state index contributed by atoms with van der Waals surface area (Å²) in [6.07, 6.45) is 0.871. The number of esters is 1. The number of likely N-dealkylation sites (N-methyl/N-ethyl adjacent to an activating group) is 1. The number of nitrogens with zero attached hydrogens (tertiary/aromatic N) is 1. The molecule has 0 aliphatic rings. The van der Waals surface area contributed by atoms with Gasteiger partial charge in [0.2, 0.25) is 5.88 Å². The van der Waals surface area contributed by atoms with E-state index in [4.69, 9.17) is 21.1 Å². The summed E-state index contributed by atoms with van der Waals surface area (Å²) < 4.78 is 11.2. The fourth-order valence-corrected chi connectivity index (χ4v) is 3.60. The third-order valence-electron chi connectivity index (χ3n) is 4.97. The number of hydrogen-bond acceptors (Lipinski definition) is 6. The minimum absolute atomic E-state index is 0.108. The van der Waals surface area contributed by atoms with Crippen molar-refractivity contribution in [3.63, 3.8) is 0 Å². The number of methoxy groups -OCH3 is 1. The van der Waals surface area contributed by atoms with Crippen molar-refractivity contribution in [3.8, 4) is 11.6 Å². The van der Waals surface area contributed by atoms with Gasteiger partial charge in [0.1, 0.15) is 11.3 Å². The van der Waals surface area contributed by atoms with Crippen LogP contribution < -0.4 is 15.4 Å². The lowest BCUT2D eigenvalue weighted by atomic mass is 10.1.